The zero-order chi connectivity index (χ0) is 10.2. The number of hydrogen-bond acceptors (Lipinski definition) is 4. The molecule has 0 aromatic carbocycles. The predicted octanol–water partition coefficient (Wildman–Crippen LogP) is 1.13. The van der Waals surface area contributed by atoms with Gasteiger partial charge in [-0.2, -0.15) is 13.2 Å². The SMILES string of the molecule is O=C([O-])c1sc(I)nc1C(F)(F)F. The van der Waals surface area contributed by atoms with Crippen LogP contribution < -0.4 is 5.11 Å². The highest BCUT2D eigenvalue weighted by molar-refractivity contribution is 14.1. The van der Waals surface area contributed by atoms with Crippen molar-refractivity contribution in [2.45, 2.75) is 6.18 Å². The molecule has 1 heterocycles. The highest BCUT2D eigenvalue weighted by Gasteiger charge is 2.37. The van der Waals surface area contributed by atoms with Crippen LogP contribution in [0.4, 0.5) is 13.2 Å². The lowest BCUT2D eigenvalue weighted by Crippen LogP contribution is -2.24. The van der Waals surface area contributed by atoms with Crippen LogP contribution in [0.15, 0.2) is 0 Å². The molecule has 0 fully saturated rings. The molecular weight excluding hydrogens is 322 g/mol. The minimum atomic E-state index is -4.74. The summed E-state index contributed by atoms with van der Waals surface area (Å²) in [7, 11) is 0. The number of alkyl halides is 3. The third-order valence-corrected chi connectivity index (χ3v) is 2.78. The number of aromatic carboxylic acids is 1. The number of thiazole rings is 1. The van der Waals surface area contributed by atoms with Crippen LogP contribution in [0.25, 0.3) is 0 Å². The van der Waals surface area contributed by atoms with Gasteiger partial charge in [0.05, 0.1) is 10.8 Å². The molecule has 72 valence electrons. The molecule has 0 radical (unpaired) electrons. The lowest BCUT2D eigenvalue weighted by Gasteiger charge is -2.05. The largest absolute Gasteiger partial charge is 0.544 e. The summed E-state index contributed by atoms with van der Waals surface area (Å²) in [6.07, 6.45) is -4.74. The van der Waals surface area contributed by atoms with Crippen molar-refractivity contribution in [3.05, 3.63) is 13.6 Å². The first kappa shape index (κ1) is 10.7. The van der Waals surface area contributed by atoms with Crippen LogP contribution >= 0.6 is 33.9 Å². The van der Waals surface area contributed by atoms with Gasteiger partial charge in [0, 0.05) is 0 Å². The van der Waals surface area contributed by atoms with Gasteiger partial charge in [0.15, 0.2) is 8.71 Å². The molecule has 0 saturated carbocycles. The van der Waals surface area contributed by atoms with E-state index in [2.05, 4.69) is 4.98 Å². The van der Waals surface area contributed by atoms with Gasteiger partial charge in [-0.05, 0) is 22.6 Å². The molecule has 0 aliphatic heterocycles. The number of carbonyl (C=O) groups excluding carboxylic acids is 1. The Bertz CT molecular complexity index is 348. The smallest absolute Gasteiger partial charge is 0.434 e. The summed E-state index contributed by atoms with van der Waals surface area (Å²) in [6.45, 7) is 0. The van der Waals surface area contributed by atoms with Gasteiger partial charge in [0.1, 0.15) is 0 Å². The molecule has 0 bridgehead atoms. The lowest BCUT2D eigenvalue weighted by atomic mass is 10.3. The topological polar surface area (TPSA) is 53.0 Å². The first-order valence-electron chi connectivity index (χ1n) is 2.77. The highest BCUT2D eigenvalue weighted by Crippen LogP contribution is 2.34. The van der Waals surface area contributed by atoms with Gasteiger partial charge in [-0.15, -0.1) is 11.3 Å². The number of carboxylic acids is 1. The Hall–Kier alpha value is -0.380. The summed E-state index contributed by atoms with van der Waals surface area (Å²) in [5, 5.41) is 10.2. The molecule has 0 unspecified atom stereocenters. The maximum atomic E-state index is 12.1. The number of hydrogen-bond donors (Lipinski definition) is 0. The predicted molar refractivity (Wildman–Crippen MR) is 44.2 cm³/mol. The summed E-state index contributed by atoms with van der Waals surface area (Å²) in [5.74, 6) is -1.85. The Kier molecular flexibility index (Phi) is 2.80. The molecule has 1 rings (SSSR count). The van der Waals surface area contributed by atoms with E-state index in [1.807, 2.05) is 0 Å². The van der Waals surface area contributed by atoms with E-state index < -0.39 is 22.7 Å². The standard InChI is InChI=1S/C5HF3INO2S/c6-5(7,8)2-1(3(11)12)13-4(9)10-2/h(H,11,12)/p-1. The minimum Gasteiger partial charge on any atom is -0.544 e. The monoisotopic (exact) mass is 322 g/mol. The van der Waals surface area contributed by atoms with Crippen LogP contribution in [0.5, 0.6) is 0 Å². The van der Waals surface area contributed by atoms with Crippen molar-refractivity contribution in [1.82, 2.24) is 4.98 Å². The molecule has 8 heteroatoms. The van der Waals surface area contributed by atoms with Gasteiger partial charge < -0.3 is 9.90 Å². The molecule has 0 aliphatic carbocycles. The Morgan fingerprint density at radius 2 is 2.08 bits per heavy atom. The molecule has 1 aromatic rings. The summed E-state index contributed by atoms with van der Waals surface area (Å²) < 4.78 is 36.2. The summed E-state index contributed by atoms with van der Waals surface area (Å²) in [4.78, 5) is 12.4. The molecule has 0 amide bonds. The highest BCUT2D eigenvalue weighted by atomic mass is 127. The Labute approximate surface area is 87.7 Å². The fraction of sp³-hybridized carbons (Fsp3) is 0.200. The zero-order valence-electron chi connectivity index (χ0n) is 5.68. The van der Waals surface area contributed by atoms with E-state index in [4.69, 9.17) is 0 Å². The van der Waals surface area contributed by atoms with Crippen LogP contribution in [0, 0.1) is 3.01 Å². The van der Waals surface area contributed by atoms with E-state index in [1.54, 1.807) is 0 Å². The number of nitrogens with zero attached hydrogens (tertiary/aromatic N) is 1. The van der Waals surface area contributed by atoms with E-state index in [1.165, 1.54) is 22.6 Å². The van der Waals surface area contributed by atoms with Crippen molar-refractivity contribution >= 4 is 39.9 Å². The molecule has 0 aliphatic rings. The molecular formula is C5F3INO2S-. The third-order valence-electron chi connectivity index (χ3n) is 1.05. The first-order chi connectivity index (χ1) is 5.82. The van der Waals surface area contributed by atoms with Gasteiger partial charge in [-0.25, -0.2) is 4.98 Å². The Morgan fingerprint density at radius 3 is 2.38 bits per heavy atom. The van der Waals surface area contributed by atoms with Crippen LogP contribution in [0.2, 0.25) is 0 Å². The van der Waals surface area contributed by atoms with Crippen LogP contribution in [-0.2, 0) is 6.18 Å². The average molecular weight is 322 g/mol. The van der Waals surface area contributed by atoms with Gasteiger partial charge in [0.25, 0.3) is 0 Å². The normalized spacial score (nSPS) is 11.7. The fourth-order valence-corrected chi connectivity index (χ4v) is 2.17. The maximum Gasteiger partial charge on any atom is 0.434 e. The minimum absolute atomic E-state index is 0.0177. The molecule has 13 heavy (non-hydrogen) atoms. The molecule has 3 nitrogen and oxygen atoms in total. The number of aromatic nitrogens is 1. The van der Waals surface area contributed by atoms with Gasteiger partial charge in [-0.1, -0.05) is 0 Å². The van der Waals surface area contributed by atoms with Gasteiger partial charge in [0.2, 0.25) is 0 Å². The van der Waals surface area contributed by atoms with E-state index >= 15 is 0 Å². The molecule has 0 spiro atoms. The summed E-state index contributed by atoms with van der Waals surface area (Å²) in [6, 6.07) is 0. The van der Waals surface area contributed by atoms with Crippen molar-refractivity contribution in [2.75, 3.05) is 0 Å². The van der Waals surface area contributed by atoms with E-state index in [-0.39, 0.29) is 3.01 Å². The Morgan fingerprint density at radius 1 is 1.54 bits per heavy atom. The molecule has 0 saturated heterocycles. The average Bonchev–Trinajstić information content (AvgIpc) is 2.29. The first-order valence-corrected chi connectivity index (χ1v) is 4.66. The lowest BCUT2D eigenvalue weighted by molar-refractivity contribution is -0.255. The van der Waals surface area contributed by atoms with Crippen LogP contribution in [0.3, 0.4) is 0 Å². The second kappa shape index (κ2) is 3.40. The van der Waals surface area contributed by atoms with Crippen molar-refractivity contribution in [3.63, 3.8) is 0 Å². The quantitative estimate of drug-likeness (QED) is 0.729. The van der Waals surface area contributed by atoms with Crippen molar-refractivity contribution < 1.29 is 23.1 Å². The van der Waals surface area contributed by atoms with Crippen LogP contribution in [-0.4, -0.2) is 11.0 Å². The third kappa shape index (κ3) is 2.30. The Balaban J connectivity index is 3.28. The van der Waals surface area contributed by atoms with Crippen molar-refractivity contribution in [3.8, 4) is 0 Å². The van der Waals surface area contributed by atoms with E-state index in [9.17, 15) is 23.1 Å². The second-order valence-electron chi connectivity index (χ2n) is 1.93. The van der Waals surface area contributed by atoms with E-state index in [0.717, 1.165) is 0 Å². The van der Waals surface area contributed by atoms with Crippen LogP contribution in [0.1, 0.15) is 15.4 Å². The molecule has 0 N–H and O–H groups in total. The van der Waals surface area contributed by atoms with Crippen molar-refractivity contribution in [1.29, 1.82) is 0 Å². The zero-order valence-corrected chi connectivity index (χ0v) is 8.66. The summed E-state index contributed by atoms with van der Waals surface area (Å²) in [5.41, 5.74) is -1.39. The maximum absolute atomic E-state index is 12.1. The molecule has 1 aromatic heterocycles. The van der Waals surface area contributed by atoms with Crippen molar-refractivity contribution in [2.24, 2.45) is 0 Å². The van der Waals surface area contributed by atoms with Gasteiger partial charge >= 0.3 is 6.18 Å². The van der Waals surface area contributed by atoms with Gasteiger partial charge in [-0.3, -0.25) is 0 Å². The summed E-state index contributed by atoms with van der Waals surface area (Å²) >= 11 is 1.96. The number of rotatable bonds is 1. The fourth-order valence-electron chi connectivity index (χ4n) is 0.625. The van der Waals surface area contributed by atoms with E-state index in [0.29, 0.717) is 11.3 Å². The second-order valence-corrected chi connectivity index (χ2v) is 4.68. The number of carboxylic acid groups (broad SMARTS) is 1. The number of halogens is 4. The molecule has 0 atom stereocenters. The number of carbonyl (C=O) groups is 1.